The first kappa shape index (κ1) is 11.2. The van der Waals surface area contributed by atoms with Gasteiger partial charge in [-0.15, -0.1) is 0 Å². The lowest BCUT2D eigenvalue weighted by Crippen LogP contribution is -2.27. The van der Waals surface area contributed by atoms with Gasteiger partial charge in [-0.25, -0.2) is 0 Å². The van der Waals surface area contributed by atoms with E-state index in [0.717, 1.165) is 38.1 Å². The van der Waals surface area contributed by atoms with Crippen molar-refractivity contribution in [2.75, 3.05) is 19.8 Å². The predicted molar refractivity (Wildman–Crippen MR) is 62.9 cm³/mol. The van der Waals surface area contributed by atoms with Gasteiger partial charge in [0.05, 0.1) is 13.2 Å². The number of rotatable bonds is 4. The van der Waals surface area contributed by atoms with Crippen LogP contribution in [0.3, 0.4) is 0 Å². The van der Waals surface area contributed by atoms with Crippen molar-refractivity contribution in [3.63, 3.8) is 0 Å². The monoisotopic (exact) mass is 209 g/mol. The van der Waals surface area contributed by atoms with Gasteiger partial charge < -0.3 is 10.1 Å². The molecule has 2 rings (SSSR count). The minimum Gasteiger partial charge on any atom is -0.377 e. The van der Waals surface area contributed by atoms with Gasteiger partial charge in [-0.05, 0) is 44.6 Å². The summed E-state index contributed by atoms with van der Waals surface area (Å²) >= 11 is 0. The lowest BCUT2D eigenvalue weighted by atomic mass is 10.1. The molecule has 0 aromatic carbocycles. The topological polar surface area (TPSA) is 21.3 Å². The smallest absolute Gasteiger partial charge is 0.0650 e. The van der Waals surface area contributed by atoms with E-state index in [1.165, 1.54) is 25.7 Å². The van der Waals surface area contributed by atoms with Gasteiger partial charge in [0, 0.05) is 6.04 Å². The molecule has 0 aromatic rings. The first-order valence-electron chi connectivity index (χ1n) is 6.33. The summed E-state index contributed by atoms with van der Waals surface area (Å²) in [5, 5.41) is 3.68. The van der Waals surface area contributed by atoms with Crippen LogP contribution in [0.2, 0.25) is 0 Å². The lowest BCUT2D eigenvalue weighted by molar-refractivity contribution is 0.153. The van der Waals surface area contributed by atoms with Gasteiger partial charge >= 0.3 is 0 Å². The molecule has 1 aliphatic heterocycles. The zero-order valence-electron chi connectivity index (χ0n) is 9.80. The van der Waals surface area contributed by atoms with Crippen LogP contribution in [0.25, 0.3) is 0 Å². The standard InChI is InChI=1S/C13H23NO/c1-11-2-3-13(10-11)14-7-4-12-5-8-15-9-6-12/h5,11,13-14H,2-4,6-10H2,1H3. The summed E-state index contributed by atoms with van der Waals surface area (Å²) in [5.41, 5.74) is 1.58. The highest BCUT2D eigenvalue weighted by Gasteiger charge is 2.20. The van der Waals surface area contributed by atoms with Crippen molar-refractivity contribution in [3.05, 3.63) is 11.6 Å². The van der Waals surface area contributed by atoms with Crippen LogP contribution in [-0.4, -0.2) is 25.8 Å². The molecule has 2 nitrogen and oxygen atoms in total. The van der Waals surface area contributed by atoms with Crippen LogP contribution in [0.1, 0.15) is 39.0 Å². The first-order chi connectivity index (χ1) is 7.34. The largest absolute Gasteiger partial charge is 0.377 e. The summed E-state index contributed by atoms with van der Waals surface area (Å²) in [6.45, 7) is 5.27. The maximum atomic E-state index is 5.30. The Balaban J connectivity index is 1.60. The van der Waals surface area contributed by atoms with Gasteiger partial charge in [0.1, 0.15) is 0 Å². The summed E-state index contributed by atoms with van der Waals surface area (Å²) < 4.78 is 5.30. The maximum absolute atomic E-state index is 5.30. The molecule has 0 aromatic heterocycles. The first-order valence-corrected chi connectivity index (χ1v) is 6.33. The molecule has 1 fully saturated rings. The molecule has 2 heteroatoms. The van der Waals surface area contributed by atoms with Crippen molar-refractivity contribution < 1.29 is 4.74 Å². The van der Waals surface area contributed by atoms with Crippen molar-refractivity contribution in [1.82, 2.24) is 5.32 Å². The molecule has 1 aliphatic carbocycles. The Bertz CT molecular complexity index is 225. The Labute approximate surface area is 93.1 Å². The zero-order chi connectivity index (χ0) is 10.5. The van der Waals surface area contributed by atoms with Crippen molar-refractivity contribution in [1.29, 1.82) is 0 Å². The van der Waals surface area contributed by atoms with E-state index >= 15 is 0 Å². The highest BCUT2D eigenvalue weighted by Crippen LogP contribution is 2.24. The summed E-state index contributed by atoms with van der Waals surface area (Å²) in [6.07, 6.45) is 8.78. The number of hydrogen-bond acceptors (Lipinski definition) is 2. The highest BCUT2D eigenvalue weighted by molar-refractivity contribution is 5.04. The van der Waals surface area contributed by atoms with Crippen molar-refractivity contribution in [2.24, 2.45) is 5.92 Å². The molecule has 15 heavy (non-hydrogen) atoms. The molecule has 0 saturated heterocycles. The maximum Gasteiger partial charge on any atom is 0.0650 e. The van der Waals surface area contributed by atoms with Gasteiger partial charge in [-0.3, -0.25) is 0 Å². The molecule has 2 aliphatic rings. The fourth-order valence-corrected chi connectivity index (χ4v) is 2.62. The Morgan fingerprint density at radius 1 is 1.47 bits per heavy atom. The average molecular weight is 209 g/mol. The molecule has 1 N–H and O–H groups in total. The summed E-state index contributed by atoms with van der Waals surface area (Å²) in [7, 11) is 0. The fourth-order valence-electron chi connectivity index (χ4n) is 2.62. The van der Waals surface area contributed by atoms with E-state index in [9.17, 15) is 0 Å². The average Bonchev–Trinajstić information content (AvgIpc) is 2.66. The molecule has 0 amide bonds. The minimum atomic E-state index is 0.792. The van der Waals surface area contributed by atoms with Crippen LogP contribution >= 0.6 is 0 Å². The van der Waals surface area contributed by atoms with E-state index in [1.807, 2.05) is 0 Å². The number of nitrogens with one attached hydrogen (secondary N) is 1. The van der Waals surface area contributed by atoms with Gasteiger partial charge in [0.15, 0.2) is 0 Å². The Kier molecular flexibility index (Phi) is 4.21. The van der Waals surface area contributed by atoms with Crippen molar-refractivity contribution in [3.8, 4) is 0 Å². The third-order valence-electron chi connectivity index (χ3n) is 3.63. The molecule has 0 bridgehead atoms. The van der Waals surface area contributed by atoms with Crippen LogP contribution in [-0.2, 0) is 4.74 Å². The fraction of sp³-hybridized carbons (Fsp3) is 0.846. The van der Waals surface area contributed by atoms with E-state index in [1.54, 1.807) is 5.57 Å². The Hall–Kier alpha value is -0.340. The minimum absolute atomic E-state index is 0.792. The van der Waals surface area contributed by atoms with E-state index in [0.29, 0.717) is 0 Å². The normalized spacial score (nSPS) is 31.7. The highest BCUT2D eigenvalue weighted by atomic mass is 16.5. The molecule has 2 atom stereocenters. The molecule has 86 valence electrons. The SMILES string of the molecule is CC1CCC(NCCC2=CCOCC2)C1. The summed E-state index contributed by atoms with van der Waals surface area (Å²) in [4.78, 5) is 0. The zero-order valence-corrected chi connectivity index (χ0v) is 9.80. The summed E-state index contributed by atoms with van der Waals surface area (Å²) in [5.74, 6) is 0.935. The van der Waals surface area contributed by atoms with E-state index < -0.39 is 0 Å². The molecular formula is C13H23NO. The van der Waals surface area contributed by atoms with Gasteiger partial charge in [-0.1, -0.05) is 18.6 Å². The van der Waals surface area contributed by atoms with Crippen LogP contribution < -0.4 is 5.32 Å². The Morgan fingerprint density at radius 3 is 3.07 bits per heavy atom. The second-order valence-electron chi connectivity index (χ2n) is 5.01. The molecule has 1 heterocycles. The Morgan fingerprint density at radius 2 is 2.40 bits per heavy atom. The van der Waals surface area contributed by atoms with Crippen LogP contribution in [0.4, 0.5) is 0 Å². The van der Waals surface area contributed by atoms with Crippen molar-refractivity contribution >= 4 is 0 Å². The van der Waals surface area contributed by atoms with Crippen molar-refractivity contribution in [2.45, 2.75) is 45.1 Å². The second-order valence-corrected chi connectivity index (χ2v) is 5.01. The van der Waals surface area contributed by atoms with Crippen LogP contribution in [0, 0.1) is 5.92 Å². The van der Waals surface area contributed by atoms with E-state index in [2.05, 4.69) is 18.3 Å². The van der Waals surface area contributed by atoms with E-state index in [-0.39, 0.29) is 0 Å². The molecule has 0 spiro atoms. The quantitative estimate of drug-likeness (QED) is 0.718. The second kappa shape index (κ2) is 5.66. The van der Waals surface area contributed by atoms with Gasteiger partial charge in [0.25, 0.3) is 0 Å². The number of hydrogen-bond donors (Lipinski definition) is 1. The lowest BCUT2D eigenvalue weighted by Gasteiger charge is -2.16. The third kappa shape index (κ3) is 3.62. The molecule has 2 unspecified atom stereocenters. The number of ether oxygens (including phenoxy) is 1. The predicted octanol–water partition coefficient (Wildman–Crippen LogP) is 2.50. The van der Waals surface area contributed by atoms with Crippen LogP contribution in [0.5, 0.6) is 0 Å². The van der Waals surface area contributed by atoms with Gasteiger partial charge in [-0.2, -0.15) is 0 Å². The summed E-state index contributed by atoms with van der Waals surface area (Å²) in [6, 6.07) is 0.792. The molecule has 1 saturated carbocycles. The third-order valence-corrected chi connectivity index (χ3v) is 3.63. The van der Waals surface area contributed by atoms with E-state index in [4.69, 9.17) is 4.74 Å². The van der Waals surface area contributed by atoms with Gasteiger partial charge in [0.2, 0.25) is 0 Å². The molecular weight excluding hydrogens is 186 g/mol. The molecule has 0 radical (unpaired) electrons. The van der Waals surface area contributed by atoms with Crippen LogP contribution in [0.15, 0.2) is 11.6 Å².